The summed E-state index contributed by atoms with van der Waals surface area (Å²) in [7, 11) is 1.68. The summed E-state index contributed by atoms with van der Waals surface area (Å²) >= 11 is 0. The zero-order valence-electron chi connectivity index (χ0n) is 10.8. The topological polar surface area (TPSA) is 30.5 Å². The predicted molar refractivity (Wildman–Crippen MR) is 67.6 cm³/mol. The van der Waals surface area contributed by atoms with E-state index in [0.29, 0.717) is 13.2 Å². The van der Waals surface area contributed by atoms with Crippen molar-refractivity contribution >= 4 is 0 Å². The largest absolute Gasteiger partial charge is 0.382 e. The normalized spacial score (nSPS) is 21.5. The predicted octanol–water partition coefficient (Wildman–Crippen LogP) is 2.48. The average molecular weight is 235 g/mol. The van der Waals surface area contributed by atoms with Gasteiger partial charge in [0.2, 0.25) is 0 Å². The van der Waals surface area contributed by atoms with E-state index in [-0.39, 0.29) is 11.5 Å². The Balaban J connectivity index is 2.04. The molecule has 0 aliphatic heterocycles. The van der Waals surface area contributed by atoms with Crippen LogP contribution in [-0.4, -0.2) is 20.3 Å². The van der Waals surface area contributed by atoms with Gasteiger partial charge in [0.05, 0.1) is 19.3 Å². The minimum atomic E-state index is 0.191. The molecular formula is C14H21NO2. The zero-order valence-corrected chi connectivity index (χ0v) is 10.8. The molecule has 94 valence electrons. The van der Waals surface area contributed by atoms with Crippen molar-refractivity contribution in [2.24, 2.45) is 5.41 Å². The van der Waals surface area contributed by atoms with Crippen molar-refractivity contribution in [2.45, 2.75) is 26.3 Å². The quantitative estimate of drug-likeness (QED) is 0.628. The van der Waals surface area contributed by atoms with E-state index in [4.69, 9.17) is 9.57 Å². The zero-order chi connectivity index (χ0) is 12.3. The molecule has 1 N–H and O–H groups in total. The Morgan fingerprint density at radius 1 is 1.29 bits per heavy atom. The van der Waals surface area contributed by atoms with Crippen LogP contribution in [0.15, 0.2) is 24.3 Å². The Labute approximate surface area is 103 Å². The highest BCUT2D eigenvalue weighted by molar-refractivity contribution is 5.37. The lowest BCUT2D eigenvalue weighted by Crippen LogP contribution is -2.32. The van der Waals surface area contributed by atoms with Crippen molar-refractivity contribution < 1.29 is 9.57 Å². The Bertz CT molecular complexity index is 376. The smallest absolute Gasteiger partial charge is 0.0916 e. The van der Waals surface area contributed by atoms with Crippen LogP contribution >= 0.6 is 0 Å². The molecule has 1 aromatic carbocycles. The van der Waals surface area contributed by atoms with Crippen molar-refractivity contribution in [3.8, 4) is 0 Å². The van der Waals surface area contributed by atoms with Crippen LogP contribution in [0.4, 0.5) is 0 Å². The molecule has 0 bridgehead atoms. The molecule has 0 saturated carbocycles. The lowest BCUT2D eigenvalue weighted by atomic mass is 9.86. The van der Waals surface area contributed by atoms with E-state index in [2.05, 4.69) is 43.6 Å². The van der Waals surface area contributed by atoms with E-state index in [1.807, 2.05) is 0 Å². The molecule has 1 atom stereocenters. The van der Waals surface area contributed by atoms with Crippen LogP contribution in [0.1, 0.15) is 31.0 Å². The Hall–Kier alpha value is -0.900. The molecule has 3 heteroatoms. The van der Waals surface area contributed by atoms with Crippen LogP contribution in [0.5, 0.6) is 0 Å². The first kappa shape index (κ1) is 12.6. The number of methoxy groups -OCH3 is 1. The fourth-order valence-corrected chi connectivity index (χ4v) is 2.48. The first-order valence-electron chi connectivity index (χ1n) is 6.09. The first-order valence-corrected chi connectivity index (χ1v) is 6.09. The van der Waals surface area contributed by atoms with Gasteiger partial charge in [0, 0.05) is 7.11 Å². The van der Waals surface area contributed by atoms with Crippen molar-refractivity contribution in [1.82, 2.24) is 5.48 Å². The van der Waals surface area contributed by atoms with Gasteiger partial charge in [-0.1, -0.05) is 38.1 Å². The Kier molecular flexibility index (Phi) is 3.82. The van der Waals surface area contributed by atoms with Crippen LogP contribution in [-0.2, 0) is 16.0 Å². The highest BCUT2D eigenvalue weighted by Gasteiger charge is 2.38. The molecule has 0 fully saturated rings. The monoisotopic (exact) mass is 235 g/mol. The maximum atomic E-state index is 5.48. The van der Waals surface area contributed by atoms with E-state index in [9.17, 15) is 0 Å². The van der Waals surface area contributed by atoms with Crippen molar-refractivity contribution in [3.05, 3.63) is 35.4 Å². The summed E-state index contributed by atoms with van der Waals surface area (Å²) in [5.41, 5.74) is 6.15. The van der Waals surface area contributed by atoms with Crippen LogP contribution in [0.2, 0.25) is 0 Å². The third kappa shape index (κ3) is 2.68. The summed E-state index contributed by atoms with van der Waals surface area (Å²) in [4.78, 5) is 5.48. The number of hydroxylamine groups is 1. The maximum Gasteiger partial charge on any atom is 0.0916 e. The number of nitrogens with one attached hydrogen (secondary N) is 1. The summed E-state index contributed by atoms with van der Waals surface area (Å²) in [6, 6.07) is 8.83. The van der Waals surface area contributed by atoms with E-state index in [0.717, 1.165) is 6.42 Å². The molecule has 0 heterocycles. The van der Waals surface area contributed by atoms with Gasteiger partial charge >= 0.3 is 0 Å². The highest BCUT2D eigenvalue weighted by Crippen LogP contribution is 2.44. The maximum absolute atomic E-state index is 5.48. The molecule has 0 saturated heterocycles. The van der Waals surface area contributed by atoms with Gasteiger partial charge in [-0.2, -0.15) is 5.48 Å². The van der Waals surface area contributed by atoms with Crippen LogP contribution < -0.4 is 5.48 Å². The lowest BCUT2D eigenvalue weighted by molar-refractivity contribution is -0.0325. The van der Waals surface area contributed by atoms with Crippen LogP contribution in [0, 0.1) is 5.41 Å². The standard InChI is InChI=1S/C14H21NO2/c1-14(2)10-11-6-4-5-7-12(11)13(14)15-17-9-8-16-3/h4-7,13,15H,8-10H2,1-3H3. The number of hydrogen-bond donors (Lipinski definition) is 1. The Morgan fingerprint density at radius 3 is 2.82 bits per heavy atom. The van der Waals surface area contributed by atoms with Crippen LogP contribution in [0.25, 0.3) is 0 Å². The fourth-order valence-electron chi connectivity index (χ4n) is 2.48. The van der Waals surface area contributed by atoms with Gasteiger partial charge in [-0.25, -0.2) is 0 Å². The van der Waals surface area contributed by atoms with E-state index >= 15 is 0 Å². The summed E-state index contributed by atoms with van der Waals surface area (Å²) in [5.74, 6) is 0. The van der Waals surface area contributed by atoms with Gasteiger partial charge < -0.3 is 4.74 Å². The Morgan fingerprint density at radius 2 is 2.06 bits per heavy atom. The number of benzene rings is 1. The first-order chi connectivity index (χ1) is 8.15. The minimum Gasteiger partial charge on any atom is -0.382 e. The van der Waals surface area contributed by atoms with Gasteiger partial charge in [-0.3, -0.25) is 4.84 Å². The van der Waals surface area contributed by atoms with Crippen molar-refractivity contribution in [1.29, 1.82) is 0 Å². The molecule has 1 aliphatic rings. The molecule has 0 amide bonds. The molecule has 0 radical (unpaired) electrons. The van der Waals surface area contributed by atoms with Crippen molar-refractivity contribution in [2.75, 3.05) is 20.3 Å². The molecular weight excluding hydrogens is 214 g/mol. The molecule has 3 nitrogen and oxygen atoms in total. The summed E-state index contributed by atoms with van der Waals surface area (Å²) in [6.07, 6.45) is 1.09. The van der Waals surface area contributed by atoms with E-state index < -0.39 is 0 Å². The third-order valence-electron chi connectivity index (χ3n) is 3.38. The molecule has 1 aliphatic carbocycles. The van der Waals surface area contributed by atoms with Gasteiger partial charge in [0.25, 0.3) is 0 Å². The third-order valence-corrected chi connectivity index (χ3v) is 3.38. The van der Waals surface area contributed by atoms with E-state index in [1.165, 1.54) is 11.1 Å². The van der Waals surface area contributed by atoms with Gasteiger partial charge in [-0.15, -0.1) is 0 Å². The highest BCUT2D eigenvalue weighted by atomic mass is 16.7. The molecule has 1 unspecified atom stereocenters. The van der Waals surface area contributed by atoms with Gasteiger partial charge in [0.15, 0.2) is 0 Å². The van der Waals surface area contributed by atoms with Crippen LogP contribution in [0.3, 0.4) is 0 Å². The lowest BCUT2D eigenvalue weighted by Gasteiger charge is -2.28. The van der Waals surface area contributed by atoms with Gasteiger partial charge in [0.1, 0.15) is 0 Å². The number of hydrogen-bond acceptors (Lipinski definition) is 3. The molecule has 0 aromatic heterocycles. The fraction of sp³-hybridized carbons (Fsp3) is 0.571. The minimum absolute atomic E-state index is 0.191. The second-order valence-electron chi connectivity index (χ2n) is 5.26. The van der Waals surface area contributed by atoms with Crippen molar-refractivity contribution in [3.63, 3.8) is 0 Å². The second kappa shape index (κ2) is 5.17. The second-order valence-corrected chi connectivity index (χ2v) is 5.26. The SMILES string of the molecule is COCCONC1c2ccccc2CC1(C)C. The molecule has 1 aromatic rings. The summed E-state index contributed by atoms with van der Waals surface area (Å²) in [6.45, 7) is 5.72. The number of rotatable bonds is 5. The summed E-state index contributed by atoms with van der Waals surface area (Å²) in [5, 5.41) is 0. The molecule has 2 rings (SSSR count). The van der Waals surface area contributed by atoms with E-state index in [1.54, 1.807) is 7.11 Å². The van der Waals surface area contributed by atoms with Gasteiger partial charge in [-0.05, 0) is 23.0 Å². The molecule has 0 spiro atoms. The number of fused-ring (bicyclic) bond motifs is 1. The average Bonchev–Trinajstić information content (AvgIpc) is 2.55. The number of ether oxygens (including phenoxy) is 1. The summed E-state index contributed by atoms with van der Waals surface area (Å²) < 4.78 is 4.96. The molecule has 17 heavy (non-hydrogen) atoms.